The van der Waals surface area contributed by atoms with E-state index >= 15 is 0 Å². The molecule has 74 valence electrons. The van der Waals surface area contributed by atoms with Crippen LogP contribution in [-0.2, 0) is 21.4 Å². The third-order valence-electron chi connectivity index (χ3n) is 1.44. The van der Waals surface area contributed by atoms with Crippen molar-refractivity contribution < 1.29 is 19.9 Å². The van der Waals surface area contributed by atoms with Crippen LogP contribution in [0.3, 0.4) is 0 Å². The van der Waals surface area contributed by atoms with Crippen LogP contribution in [0, 0.1) is 0 Å². The first-order valence-electron chi connectivity index (χ1n) is 3.68. The summed E-state index contributed by atoms with van der Waals surface area (Å²) in [6, 6.07) is 7.22. The van der Waals surface area contributed by atoms with Crippen molar-refractivity contribution in [2.24, 2.45) is 4.99 Å². The number of phenols is 1. The Hall–Kier alpha value is -0.514. The van der Waals surface area contributed by atoms with Gasteiger partial charge in [-0.2, -0.15) is 0 Å². The van der Waals surface area contributed by atoms with Crippen LogP contribution in [0.2, 0.25) is 0 Å². The molecule has 0 unspecified atom stereocenters. The van der Waals surface area contributed by atoms with Crippen molar-refractivity contribution >= 4 is 16.4 Å². The van der Waals surface area contributed by atoms with Crippen molar-refractivity contribution in [3.05, 3.63) is 29.8 Å². The molecule has 1 N–H and O–H groups in total. The van der Waals surface area contributed by atoms with Gasteiger partial charge in [0.05, 0.1) is 6.54 Å². The Morgan fingerprint density at radius 1 is 1.46 bits per heavy atom. The van der Waals surface area contributed by atoms with Gasteiger partial charge in [0.25, 0.3) is 0 Å². The summed E-state index contributed by atoms with van der Waals surface area (Å²) >= 11 is 3.03. The zero-order chi connectivity index (χ0) is 10.1. The number of halogens is 1. The quantitative estimate of drug-likeness (QED) is 0.796. The minimum absolute atomic E-state index is 0.318. The summed E-state index contributed by atoms with van der Waals surface area (Å²) in [5.74, 6) is 0.318. The second-order valence-electron chi connectivity index (χ2n) is 2.23. The molecule has 0 saturated heterocycles. The zero-order valence-electron chi connectivity index (χ0n) is 7.20. The zero-order valence-corrected chi connectivity index (χ0v) is 9.00. The number of aliphatic imine (C=N–C) groups is 1. The van der Waals surface area contributed by atoms with E-state index in [1.54, 1.807) is 18.3 Å². The van der Waals surface area contributed by atoms with Crippen molar-refractivity contribution in [2.75, 3.05) is 0 Å². The summed E-state index contributed by atoms with van der Waals surface area (Å²) in [4.78, 5) is 4.02. The van der Waals surface area contributed by atoms with Gasteiger partial charge in [0, 0.05) is 5.56 Å². The molecule has 4 heteroatoms. The molecule has 0 aromatic heterocycles. The third kappa shape index (κ3) is 4.93. The second-order valence-corrected chi connectivity index (χ2v) is 2.23. The van der Waals surface area contributed by atoms with Crippen LogP contribution in [0.5, 0.6) is 5.75 Å². The normalized spacial score (nSPS) is 9.54. The van der Waals surface area contributed by atoms with E-state index in [2.05, 4.69) is 30.0 Å². The minimum atomic E-state index is 0.318. The maximum atomic E-state index is 9.26. The molecule has 0 bridgehead atoms. The predicted octanol–water partition coefficient (Wildman–Crippen LogP) is 2.67. The van der Waals surface area contributed by atoms with Gasteiger partial charge in [-0.1, -0.05) is 18.2 Å². The van der Waals surface area contributed by atoms with Gasteiger partial charge < -0.3 is 5.11 Å². The van der Waals surface area contributed by atoms with Crippen LogP contribution < -0.4 is 0 Å². The van der Waals surface area contributed by atoms with Crippen LogP contribution in [0.25, 0.3) is 0 Å². The van der Waals surface area contributed by atoms with Crippen LogP contribution in [-0.4, -0.2) is 11.3 Å². The standard InChI is InChI=1S/C9H11NO.ClH.Co/c1-2-10-7-8-5-3-4-6-9(8)11;;/h2-6,11H,7H2,1H3;1H;/q;;+1/p-1. The molecule has 2 nitrogen and oxygen atoms in total. The second kappa shape index (κ2) is 8.10. The predicted molar refractivity (Wildman–Crippen MR) is 51.8 cm³/mol. The summed E-state index contributed by atoms with van der Waals surface area (Å²) < 4.78 is 0. The van der Waals surface area contributed by atoms with Gasteiger partial charge in [-0.15, -0.1) is 0 Å². The summed E-state index contributed by atoms with van der Waals surface area (Å²) in [6.07, 6.45) is 1.73. The fraction of sp³-hybridized carbons (Fsp3) is 0.222. The summed E-state index contributed by atoms with van der Waals surface area (Å²) in [5, 5.41) is 9.26. The number of hydrogen-bond acceptors (Lipinski definition) is 2. The van der Waals surface area contributed by atoms with Crippen LogP contribution >= 0.6 is 10.1 Å². The average molecular weight is 244 g/mol. The number of hydrogen-bond donors (Lipinski definition) is 1. The summed E-state index contributed by atoms with van der Waals surface area (Å²) in [6.45, 7) is 2.42. The van der Waals surface area contributed by atoms with Crippen molar-refractivity contribution in [2.45, 2.75) is 13.5 Å². The van der Waals surface area contributed by atoms with Gasteiger partial charge in [0.2, 0.25) is 0 Å². The molecule has 0 heterocycles. The van der Waals surface area contributed by atoms with Crippen LogP contribution in [0.15, 0.2) is 29.3 Å². The van der Waals surface area contributed by atoms with E-state index in [9.17, 15) is 5.11 Å². The Labute approximate surface area is 90.5 Å². The molecule has 0 fully saturated rings. The molecular formula is C9H11ClCoNO. The average Bonchev–Trinajstić information content (AvgIpc) is 2.20. The summed E-state index contributed by atoms with van der Waals surface area (Å²) in [7, 11) is 4.33. The van der Waals surface area contributed by atoms with E-state index in [0.717, 1.165) is 5.56 Å². The van der Waals surface area contributed by atoms with E-state index < -0.39 is 0 Å². The number of nitrogens with zero attached hydrogens (tertiary/aromatic N) is 1. The Bertz CT molecular complexity index is 266. The Morgan fingerprint density at radius 2 is 2.08 bits per heavy atom. The Balaban J connectivity index is 0.000000671. The van der Waals surface area contributed by atoms with Crippen molar-refractivity contribution in [1.29, 1.82) is 0 Å². The number of para-hydroxylation sites is 1. The SMILES string of the molecule is CC=NCc1ccccc1O.[Cl][Co]. The molecule has 0 amide bonds. The topological polar surface area (TPSA) is 32.6 Å². The Morgan fingerprint density at radius 3 is 2.62 bits per heavy atom. The summed E-state index contributed by atoms with van der Waals surface area (Å²) in [5.41, 5.74) is 0.866. The molecule has 1 rings (SSSR count). The molecular weight excluding hydrogens is 232 g/mol. The van der Waals surface area contributed by atoms with Gasteiger partial charge >= 0.3 is 25.0 Å². The fourth-order valence-corrected chi connectivity index (χ4v) is 0.834. The molecule has 1 aromatic carbocycles. The van der Waals surface area contributed by atoms with E-state index in [-0.39, 0.29) is 0 Å². The van der Waals surface area contributed by atoms with Gasteiger partial charge in [0.1, 0.15) is 5.75 Å². The molecule has 0 radical (unpaired) electrons. The molecule has 0 saturated carbocycles. The first-order valence-corrected chi connectivity index (χ1v) is 5.11. The molecule has 13 heavy (non-hydrogen) atoms. The molecule has 0 spiro atoms. The Kier molecular flexibility index (Phi) is 7.78. The first kappa shape index (κ1) is 12.5. The number of rotatable bonds is 2. The molecule has 0 atom stereocenters. The van der Waals surface area contributed by atoms with E-state index in [0.29, 0.717) is 12.3 Å². The molecule has 0 aliphatic rings. The van der Waals surface area contributed by atoms with E-state index in [1.807, 2.05) is 19.1 Å². The van der Waals surface area contributed by atoms with Crippen molar-refractivity contribution in [1.82, 2.24) is 0 Å². The van der Waals surface area contributed by atoms with Gasteiger partial charge in [0.15, 0.2) is 0 Å². The van der Waals surface area contributed by atoms with Crippen molar-refractivity contribution in [3.8, 4) is 5.75 Å². The third-order valence-corrected chi connectivity index (χ3v) is 1.44. The number of benzene rings is 1. The first-order chi connectivity index (χ1) is 6.34. The monoisotopic (exact) mass is 243 g/mol. The van der Waals surface area contributed by atoms with Gasteiger partial charge in [-0.25, -0.2) is 0 Å². The molecule has 1 aromatic rings. The van der Waals surface area contributed by atoms with Gasteiger partial charge in [-0.3, -0.25) is 4.99 Å². The molecule has 0 aliphatic carbocycles. The molecule has 0 aliphatic heterocycles. The fourth-order valence-electron chi connectivity index (χ4n) is 0.834. The maximum absolute atomic E-state index is 9.26. The number of aromatic hydroxyl groups is 1. The van der Waals surface area contributed by atoms with E-state index in [4.69, 9.17) is 0 Å². The van der Waals surface area contributed by atoms with Crippen LogP contribution in [0.4, 0.5) is 0 Å². The van der Waals surface area contributed by atoms with Crippen molar-refractivity contribution in [3.63, 3.8) is 0 Å². The van der Waals surface area contributed by atoms with Gasteiger partial charge in [-0.05, 0) is 19.2 Å². The van der Waals surface area contributed by atoms with Crippen LogP contribution in [0.1, 0.15) is 12.5 Å². The van der Waals surface area contributed by atoms with E-state index in [1.165, 1.54) is 0 Å². The number of phenolic OH excluding ortho intramolecular Hbond substituents is 1.